The van der Waals surface area contributed by atoms with Gasteiger partial charge >= 0.3 is 6.03 Å². The van der Waals surface area contributed by atoms with Gasteiger partial charge in [0.25, 0.3) is 0 Å². The van der Waals surface area contributed by atoms with Crippen molar-refractivity contribution in [3.8, 4) is 0 Å². The lowest BCUT2D eigenvalue weighted by Crippen LogP contribution is -2.19. The van der Waals surface area contributed by atoms with Crippen molar-refractivity contribution in [2.24, 2.45) is 0 Å². The molecule has 1 heterocycles. The zero-order valence-electron chi connectivity index (χ0n) is 11.8. The average Bonchev–Trinajstić information content (AvgIpc) is 3.03. The Balaban J connectivity index is 1.58. The number of anilines is 2. The second-order valence-corrected chi connectivity index (χ2v) is 5.26. The van der Waals surface area contributed by atoms with Crippen LogP contribution in [-0.4, -0.2) is 19.1 Å². The van der Waals surface area contributed by atoms with E-state index in [1.807, 2.05) is 42.5 Å². The molecule has 2 amide bonds. The third kappa shape index (κ3) is 3.61. The number of carbonyl (C=O) groups excluding carboxylic acids is 1. The number of rotatable bonds is 3. The van der Waals surface area contributed by atoms with Crippen molar-refractivity contribution in [3.63, 3.8) is 0 Å². The van der Waals surface area contributed by atoms with Gasteiger partial charge in [-0.2, -0.15) is 0 Å². The average molecular weight is 281 g/mol. The summed E-state index contributed by atoms with van der Waals surface area (Å²) in [6, 6.07) is 17.3. The van der Waals surface area contributed by atoms with Crippen LogP contribution in [-0.2, 0) is 0 Å². The van der Waals surface area contributed by atoms with Gasteiger partial charge in [-0.3, -0.25) is 0 Å². The molecule has 0 radical (unpaired) electrons. The van der Waals surface area contributed by atoms with E-state index in [0.717, 1.165) is 24.5 Å². The standard InChI is InChI=1S/C17H19N3O/c21-17(19-15-4-2-1-3-5-15)20-16-8-6-13(7-9-16)14-10-11-18-12-14/h1-9,14,18H,10-12H2,(H2,19,20,21)/t14-/m1/s1. The Morgan fingerprint density at radius 1 is 0.952 bits per heavy atom. The van der Waals surface area contributed by atoms with Crippen LogP contribution in [0.1, 0.15) is 17.9 Å². The van der Waals surface area contributed by atoms with Gasteiger partial charge in [-0.25, -0.2) is 4.79 Å². The Morgan fingerprint density at radius 3 is 2.24 bits per heavy atom. The summed E-state index contributed by atoms with van der Waals surface area (Å²) >= 11 is 0. The minimum absolute atomic E-state index is 0.225. The molecule has 3 N–H and O–H groups in total. The van der Waals surface area contributed by atoms with Crippen LogP contribution in [0.15, 0.2) is 54.6 Å². The topological polar surface area (TPSA) is 53.2 Å². The van der Waals surface area contributed by atoms with Crippen molar-refractivity contribution in [1.29, 1.82) is 0 Å². The molecule has 0 saturated carbocycles. The lowest BCUT2D eigenvalue weighted by Gasteiger charge is -2.11. The van der Waals surface area contributed by atoms with Crippen LogP contribution in [0.4, 0.5) is 16.2 Å². The minimum atomic E-state index is -0.225. The normalized spacial score (nSPS) is 17.4. The summed E-state index contributed by atoms with van der Waals surface area (Å²) in [5, 5.41) is 9.01. The molecule has 3 rings (SSSR count). The number of hydrogen-bond donors (Lipinski definition) is 3. The molecule has 1 atom stereocenters. The van der Waals surface area contributed by atoms with Crippen LogP contribution in [0.25, 0.3) is 0 Å². The van der Waals surface area contributed by atoms with Gasteiger partial charge in [0.2, 0.25) is 0 Å². The maximum Gasteiger partial charge on any atom is 0.323 e. The molecule has 0 unspecified atom stereocenters. The van der Waals surface area contributed by atoms with E-state index in [2.05, 4.69) is 28.1 Å². The third-order valence-corrected chi connectivity index (χ3v) is 3.73. The predicted octanol–water partition coefficient (Wildman–Crippen LogP) is 3.41. The number of carbonyl (C=O) groups is 1. The van der Waals surface area contributed by atoms with Crippen molar-refractivity contribution >= 4 is 17.4 Å². The van der Waals surface area contributed by atoms with Gasteiger partial charge in [0.1, 0.15) is 0 Å². The van der Waals surface area contributed by atoms with Gasteiger partial charge in [0.05, 0.1) is 0 Å². The Kier molecular flexibility index (Phi) is 4.17. The van der Waals surface area contributed by atoms with Crippen LogP contribution in [0, 0.1) is 0 Å². The van der Waals surface area contributed by atoms with E-state index >= 15 is 0 Å². The van der Waals surface area contributed by atoms with Crippen LogP contribution in [0.3, 0.4) is 0 Å². The Hall–Kier alpha value is -2.33. The molecule has 0 spiro atoms. The molecule has 1 fully saturated rings. The van der Waals surface area contributed by atoms with E-state index in [1.54, 1.807) is 0 Å². The zero-order valence-corrected chi connectivity index (χ0v) is 11.8. The largest absolute Gasteiger partial charge is 0.323 e. The number of urea groups is 1. The van der Waals surface area contributed by atoms with E-state index in [0.29, 0.717) is 5.92 Å². The van der Waals surface area contributed by atoms with Crippen molar-refractivity contribution < 1.29 is 4.79 Å². The Morgan fingerprint density at radius 2 is 1.62 bits per heavy atom. The highest BCUT2D eigenvalue weighted by Gasteiger charge is 2.16. The summed E-state index contributed by atoms with van der Waals surface area (Å²) < 4.78 is 0. The number of benzene rings is 2. The summed E-state index contributed by atoms with van der Waals surface area (Å²) in [6.45, 7) is 2.13. The quantitative estimate of drug-likeness (QED) is 0.807. The van der Waals surface area contributed by atoms with Crippen molar-refractivity contribution in [2.75, 3.05) is 23.7 Å². The Labute approximate surface area is 124 Å². The molecule has 0 aliphatic carbocycles. The Bertz CT molecular complexity index is 589. The molecule has 2 aromatic rings. The molecule has 1 aliphatic rings. The molecule has 4 nitrogen and oxygen atoms in total. The second-order valence-electron chi connectivity index (χ2n) is 5.26. The summed E-state index contributed by atoms with van der Waals surface area (Å²) in [5.41, 5.74) is 2.91. The van der Waals surface area contributed by atoms with Crippen LogP contribution < -0.4 is 16.0 Å². The second kappa shape index (κ2) is 6.41. The van der Waals surface area contributed by atoms with E-state index < -0.39 is 0 Å². The SMILES string of the molecule is O=C(Nc1ccccc1)Nc1ccc([C@@H]2CCNC2)cc1. The highest BCUT2D eigenvalue weighted by molar-refractivity contribution is 5.99. The number of nitrogens with one attached hydrogen (secondary N) is 3. The molecule has 21 heavy (non-hydrogen) atoms. The first-order valence-corrected chi connectivity index (χ1v) is 7.25. The molecule has 0 bridgehead atoms. The van der Waals surface area contributed by atoms with Crippen molar-refractivity contribution in [1.82, 2.24) is 5.32 Å². The van der Waals surface area contributed by atoms with Crippen LogP contribution >= 0.6 is 0 Å². The molecular weight excluding hydrogens is 262 g/mol. The van der Waals surface area contributed by atoms with Gasteiger partial charge in [-0.05, 0) is 48.7 Å². The monoisotopic (exact) mass is 281 g/mol. The molecule has 2 aromatic carbocycles. The first-order valence-electron chi connectivity index (χ1n) is 7.25. The number of hydrogen-bond acceptors (Lipinski definition) is 2. The maximum atomic E-state index is 11.9. The molecule has 108 valence electrons. The lowest BCUT2D eigenvalue weighted by molar-refractivity contribution is 0.262. The number of amides is 2. The number of para-hydroxylation sites is 1. The lowest BCUT2D eigenvalue weighted by atomic mass is 9.98. The van der Waals surface area contributed by atoms with Crippen LogP contribution in [0.2, 0.25) is 0 Å². The smallest absolute Gasteiger partial charge is 0.316 e. The molecular formula is C17H19N3O. The predicted molar refractivity (Wildman–Crippen MR) is 85.8 cm³/mol. The van der Waals surface area contributed by atoms with E-state index in [1.165, 1.54) is 12.0 Å². The molecule has 4 heteroatoms. The van der Waals surface area contributed by atoms with E-state index in [4.69, 9.17) is 0 Å². The summed E-state index contributed by atoms with van der Waals surface area (Å²) in [5.74, 6) is 0.595. The van der Waals surface area contributed by atoms with Gasteiger partial charge in [0, 0.05) is 17.9 Å². The summed E-state index contributed by atoms with van der Waals surface area (Å²) in [6.07, 6.45) is 1.18. The van der Waals surface area contributed by atoms with Gasteiger partial charge in [0.15, 0.2) is 0 Å². The van der Waals surface area contributed by atoms with Gasteiger partial charge in [-0.15, -0.1) is 0 Å². The molecule has 1 aliphatic heterocycles. The minimum Gasteiger partial charge on any atom is -0.316 e. The molecule has 1 saturated heterocycles. The zero-order chi connectivity index (χ0) is 14.5. The van der Waals surface area contributed by atoms with Gasteiger partial charge in [-0.1, -0.05) is 30.3 Å². The fraction of sp³-hybridized carbons (Fsp3) is 0.235. The first-order chi connectivity index (χ1) is 10.3. The fourth-order valence-corrected chi connectivity index (χ4v) is 2.59. The summed E-state index contributed by atoms with van der Waals surface area (Å²) in [4.78, 5) is 11.9. The van der Waals surface area contributed by atoms with Gasteiger partial charge < -0.3 is 16.0 Å². The molecule has 0 aromatic heterocycles. The highest BCUT2D eigenvalue weighted by Crippen LogP contribution is 2.23. The van der Waals surface area contributed by atoms with Crippen LogP contribution in [0.5, 0.6) is 0 Å². The summed E-state index contributed by atoms with van der Waals surface area (Å²) in [7, 11) is 0. The van der Waals surface area contributed by atoms with Crippen molar-refractivity contribution in [2.45, 2.75) is 12.3 Å². The van der Waals surface area contributed by atoms with Crippen molar-refractivity contribution in [3.05, 3.63) is 60.2 Å². The highest BCUT2D eigenvalue weighted by atomic mass is 16.2. The fourth-order valence-electron chi connectivity index (χ4n) is 2.59. The first kappa shape index (κ1) is 13.6. The maximum absolute atomic E-state index is 11.9. The third-order valence-electron chi connectivity index (χ3n) is 3.73. The van der Waals surface area contributed by atoms with E-state index in [9.17, 15) is 4.79 Å². The van der Waals surface area contributed by atoms with E-state index in [-0.39, 0.29) is 6.03 Å².